The van der Waals surface area contributed by atoms with Crippen molar-refractivity contribution in [2.45, 2.75) is 56.3 Å². The molecule has 1 aromatic carbocycles. The molecule has 9 N–H and O–H groups in total. The van der Waals surface area contributed by atoms with E-state index < -0.39 is 60.2 Å². The molecular formula is C26H32N8O6. The van der Waals surface area contributed by atoms with Gasteiger partial charge >= 0.3 is 5.97 Å². The van der Waals surface area contributed by atoms with Crippen LogP contribution in [0, 0.1) is 0 Å². The maximum atomic E-state index is 13.5. The Morgan fingerprint density at radius 1 is 1.10 bits per heavy atom. The number of para-hydroxylation sites is 1. The van der Waals surface area contributed by atoms with Gasteiger partial charge in [0.05, 0.1) is 18.8 Å². The molecule has 1 fully saturated rings. The van der Waals surface area contributed by atoms with Gasteiger partial charge < -0.3 is 42.1 Å². The second-order valence-electron chi connectivity index (χ2n) is 9.77. The van der Waals surface area contributed by atoms with Crippen LogP contribution in [0.4, 0.5) is 0 Å². The maximum absolute atomic E-state index is 13.5. The zero-order valence-corrected chi connectivity index (χ0v) is 21.6. The number of nitrogens with one attached hydrogen (secondary N) is 4. The number of primary amides is 1. The van der Waals surface area contributed by atoms with Crippen molar-refractivity contribution in [1.82, 2.24) is 30.5 Å². The molecule has 0 radical (unpaired) electrons. The van der Waals surface area contributed by atoms with E-state index in [0.717, 1.165) is 16.5 Å². The van der Waals surface area contributed by atoms with Crippen LogP contribution < -0.4 is 22.1 Å². The number of nitrogens with zero attached hydrogens (tertiary/aromatic N) is 2. The number of H-pyrrole nitrogens is 2. The second kappa shape index (κ2) is 12.4. The van der Waals surface area contributed by atoms with Crippen LogP contribution in [0.5, 0.6) is 0 Å². The average molecular weight is 553 g/mol. The van der Waals surface area contributed by atoms with Crippen molar-refractivity contribution in [2.24, 2.45) is 11.5 Å². The number of aromatic nitrogens is 3. The summed E-state index contributed by atoms with van der Waals surface area (Å²) >= 11 is 0. The number of aliphatic carboxylic acids is 1. The van der Waals surface area contributed by atoms with E-state index >= 15 is 0 Å². The number of nitrogens with two attached hydrogens (primary N) is 2. The molecule has 0 bridgehead atoms. The first kappa shape index (κ1) is 28.3. The standard InChI is InChI=1S/C26H32N8O6/c27-17(8-14-11-30-18-5-2-1-4-16(14)18)23(36)32-19(10-22(28)35)25(38)34-7-3-6-21(34)24(37)33-20(26(39)40)9-15-12-29-13-31-15/h1-2,4-5,11-13,17,19-21,30H,3,6-10,27H2,(H2,28,35)(H,29,31)(H,32,36)(H,33,37)(H,39,40). The molecule has 4 amide bonds. The molecule has 0 aliphatic carbocycles. The predicted octanol–water partition coefficient (Wildman–Crippen LogP) is -1.08. The number of carboxylic acids is 1. The third-order valence-corrected chi connectivity index (χ3v) is 6.90. The Morgan fingerprint density at radius 2 is 1.88 bits per heavy atom. The highest BCUT2D eigenvalue weighted by molar-refractivity contribution is 5.96. The molecule has 0 saturated carbocycles. The number of carbonyl (C=O) groups excluding carboxylic acids is 4. The molecule has 0 spiro atoms. The molecule has 4 unspecified atom stereocenters. The Kier molecular flexibility index (Phi) is 8.79. The fraction of sp³-hybridized carbons (Fsp3) is 0.385. The second-order valence-corrected chi connectivity index (χ2v) is 9.77. The fourth-order valence-electron chi connectivity index (χ4n) is 4.90. The lowest BCUT2D eigenvalue weighted by Gasteiger charge is -2.29. The molecular weight excluding hydrogens is 520 g/mol. The summed E-state index contributed by atoms with van der Waals surface area (Å²) in [5, 5.41) is 15.5. The zero-order chi connectivity index (χ0) is 28.8. The van der Waals surface area contributed by atoms with Crippen molar-refractivity contribution >= 4 is 40.5 Å². The predicted molar refractivity (Wildman–Crippen MR) is 142 cm³/mol. The molecule has 3 aromatic rings. The SMILES string of the molecule is NC(=O)CC(NC(=O)C(N)Cc1c[nH]c2ccccc12)C(=O)N1CCCC1C(=O)NC(Cc1cnc[nH]1)C(=O)O. The van der Waals surface area contributed by atoms with Gasteiger partial charge in [-0.1, -0.05) is 18.2 Å². The molecule has 1 saturated heterocycles. The van der Waals surface area contributed by atoms with Gasteiger partial charge in [-0.05, 0) is 30.9 Å². The molecule has 1 aliphatic rings. The fourth-order valence-corrected chi connectivity index (χ4v) is 4.90. The summed E-state index contributed by atoms with van der Waals surface area (Å²) in [6.07, 6.45) is 5.01. The van der Waals surface area contributed by atoms with Crippen molar-refractivity contribution in [2.75, 3.05) is 6.54 Å². The topological polar surface area (TPSA) is 229 Å². The molecule has 212 valence electrons. The molecule has 2 aromatic heterocycles. The summed E-state index contributed by atoms with van der Waals surface area (Å²) in [5.74, 6) is -4.06. The number of hydrogen-bond donors (Lipinski definition) is 7. The monoisotopic (exact) mass is 552 g/mol. The lowest BCUT2D eigenvalue weighted by atomic mass is 10.0. The minimum absolute atomic E-state index is 0.0313. The van der Waals surface area contributed by atoms with Gasteiger partial charge in [0.2, 0.25) is 23.6 Å². The van der Waals surface area contributed by atoms with E-state index in [1.807, 2.05) is 24.3 Å². The van der Waals surface area contributed by atoms with Gasteiger partial charge in [0.1, 0.15) is 18.1 Å². The first-order chi connectivity index (χ1) is 19.1. The van der Waals surface area contributed by atoms with Crippen LogP contribution in [0.15, 0.2) is 43.0 Å². The van der Waals surface area contributed by atoms with Crippen molar-refractivity contribution in [3.63, 3.8) is 0 Å². The van der Waals surface area contributed by atoms with Crippen LogP contribution in [0.3, 0.4) is 0 Å². The average Bonchev–Trinajstić information content (AvgIpc) is 3.69. The lowest BCUT2D eigenvalue weighted by Crippen LogP contribution is -2.57. The van der Waals surface area contributed by atoms with Crippen LogP contribution in [0.1, 0.15) is 30.5 Å². The minimum Gasteiger partial charge on any atom is -0.480 e. The Hall–Kier alpha value is -4.72. The first-order valence-corrected chi connectivity index (χ1v) is 12.8. The molecule has 4 rings (SSSR count). The summed E-state index contributed by atoms with van der Waals surface area (Å²) in [4.78, 5) is 74.0. The molecule has 1 aliphatic heterocycles. The summed E-state index contributed by atoms with van der Waals surface area (Å²) in [6.45, 7) is 0.182. The van der Waals surface area contributed by atoms with Gasteiger partial charge in [-0.25, -0.2) is 9.78 Å². The van der Waals surface area contributed by atoms with E-state index in [1.165, 1.54) is 17.4 Å². The molecule has 3 heterocycles. The van der Waals surface area contributed by atoms with Gasteiger partial charge in [-0.2, -0.15) is 0 Å². The van der Waals surface area contributed by atoms with Crippen molar-refractivity contribution in [3.8, 4) is 0 Å². The number of carboxylic acid groups (broad SMARTS) is 1. The van der Waals surface area contributed by atoms with Crippen molar-refractivity contribution < 1.29 is 29.1 Å². The van der Waals surface area contributed by atoms with Crippen molar-refractivity contribution in [1.29, 1.82) is 0 Å². The number of amides is 4. The van der Waals surface area contributed by atoms with Crippen LogP contribution >= 0.6 is 0 Å². The largest absolute Gasteiger partial charge is 0.480 e. The number of imidazole rings is 1. The number of fused-ring (bicyclic) bond motifs is 1. The Balaban J connectivity index is 1.42. The lowest BCUT2D eigenvalue weighted by molar-refractivity contribution is -0.145. The highest BCUT2D eigenvalue weighted by Crippen LogP contribution is 2.21. The zero-order valence-electron chi connectivity index (χ0n) is 21.6. The quantitative estimate of drug-likeness (QED) is 0.146. The normalized spacial score (nSPS) is 17.2. The van der Waals surface area contributed by atoms with Gasteiger partial charge in [-0.3, -0.25) is 19.2 Å². The Bertz CT molecular complexity index is 1390. The summed E-state index contributed by atoms with van der Waals surface area (Å²) in [7, 11) is 0. The van der Waals surface area contributed by atoms with E-state index in [4.69, 9.17) is 11.5 Å². The van der Waals surface area contributed by atoms with Crippen LogP contribution in [-0.4, -0.2) is 85.3 Å². The summed E-state index contributed by atoms with van der Waals surface area (Å²) < 4.78 is 0. The first-order valence-electron chi connectivity index (χ1n) is 12.8. The number of hydrogen-bond acceptors (Lipinski definition) is 7. The Morgan fingerprint density at radius 3 is 2.58 bits per heavy atom. The smallest absolute Gasteiger partial charge is 0.326 e. The van der Waals surface area contributed by atoms with E-state index in [2.05, 4.69) is 25.6 Å². The highest BCUT2D eigenvalue weighted by atomic mass is 16.4. The van der Waals surface area contributed by atoms with E-state index in [1.54, 1.807) is 6.20 Å². The third-order valence-electron chi connectivity index (χ3n) is 6.90. The third kappa shape index (κ3) is 6.64. The van der Waals surface area contributed by atoms with Crippen LogP contribution in [0.2, 0.25) is 0 Å². The van der Waals surface area contributed by atoms with Crippen molar-refractivity contribution in [3.05, 3.63) is 54.2 Å². The van der Waals surface area contributed by atoms with Crippen LogP contribution in [0.25, 0.3) is 10.9 Å². The van der Waals surface area contributed by atoms with Gasteiger partial charge in [0, 0.05) is 42.0 Å². The van der Waals surface area contributed by atoms with E-state index in [9.17, 15) is 29.1 Å². The molecule has 4 atom stereocenters. The Labute approximate surface area is 228 Å². The maximum Gasteiger partial charge on any atom is 0.326 e. The molecule has 40 heavy (non-hydrogen) atoms. The van der Waals surface area contributed by atoms with Gasteiger partial charge in [0.25, 0.3) is 0 Å². The molecule has 14 nitrogen and oxygen atoms in total. The number of rotatable bonds is 12. The summed E-state index contributed by atoms with van der Waals surface area (Å²) in [6, 6.07) is 2.93. The van der Waals surface area contributed by atoms with Crippen LogP contribution in [-0.2, 0) is 36.8 Å². The number of carbonyl (C=O) groups is 5. The number of benzene rings is 1. The number of likely N-dealkylation sites (tertiary alicyclic amines) is 1. The summed E-state index contributed by atoms with van der Waals surface area (Å²) in [5.41, 5.74) is 13.7. The minimum atomic E-state index is -1.34. The molecule has 14 heteroatoms. The van der Waals surface area contributed by atoms with E-state index in [0.29, 0.717) is 12.1 Å². The number of aromatic amines is 2. The van der Waals surface area contributed by atoms with E-state index in [-0.39, 0.29) is 25.8 Å². The van der Waals surface area contributed by atoms with Gasteiger partial charge in [-0.15, -0.1) is 0 Å². The highest BCUT2D eigenvalue weighted by Gasteiger charge is 2.39. The van der Waals surface area contributed by atoms with Gasteiger partial charge in [0.15, 0.2) is 0 Å².